The highest BCUT2D eigenvalue weighted by Crippen LogP contribution is 2.48. The largest absolute Gasteiger partial charge is 0.479 e. The first-order valence-corrected chi connectivity index (χ1v) is 11.3. The number of ether oxygens (including phenoxy) is 3. The number of aliphatic hydroxyl groups is 1. The average Bonchev–Trinajstić information content (AvgIpc) is 3.30. The SMILES string of the molecule is COC(OC)[C@]1(C)Oc2ccc([N+](=O)[O-])cc2[C@H](N(C[N+]2(C)N=CN=N2)c2ccc(C(F)(F)F)cc2)[C@H]1O. The number of hydrogen-bond acceptors (Lipinski definition) is 10. The lowest BCUT2D eigenvalue weighted by atomic mass is 9.83. The second-order valence-corrected chi connectivity index (χ2v) is 9.14. The molecule has 1 unspecified atom stereocenters. The van der Waals surface area contributed by atoms with E-state index in [9.17, 15) is 28.4 Å². The minimum absolute atomic E-state index is 0.115. The summed E-state index contributed by atoms with van der Waals surface area (Å²) in [6.07, 6.45) is -5.91. The van der Waals surface area contributed by atoms with Gasteiger partial charge in [-0.1, -0.05) is 5.11 Å². The summed E-state index contributed by atoms with van der Waals surface area (Å²) >= 11 is 0. The highest BCUT2D eigenvalue weighted by atomic mass is 19.4. The summed E-state index contributed by atoms with van der Waals surface area (Å²) in [6, 6.07) is 7.09. The number of aliphatic hydroxyl groups excluding tert-OH is 1. The number of alkyl halides is 3. The molecule has 2 aromatic carbocycles. The standard InChI is InChI=1S/C23H26F3N6O6/c1-22(21(36-3)37-4)20(33)19(17-11-16(31(34)35)9-10-18(17)38-22)30(13-32(2)28-12-27-29-32)15-7-5-14(6-8-15)23(24,25)26/h5-12,19-21,33H,13H2,1-4H3/q+1/t19-,20+,22+,32?/m0/s1. The topological polar surface area (TPSA) is 131 Å². The average molecular weight is 539 g/mol. The van der Waals surface area contributed by atoms with Gasteiger partial charge in [0.1, 0.15) is 18.9 Å². The van der Waals surface area contributed by atoms with Crippen LogP contribution in [0.2, 0.25) is 0 Å². The molecule has 4 rings (SSSR count). The Labute approximate surface area is 215 Å². The van der Waals surface area contributed by atoms with Gasteiger partial charge in [-0.05, 0) is 47.1 Å². The molecule has 4 atom stereocenters. The van der Waals surface area contributed by atoms with Gasteiger partial charge >= 0.3 is 6.18 Å². The summed E-state index contributed by atoms with van der Waals surface area (Å²) in [5.41, 5.74) is -2.20. The quantitative estimate of drug-likeness (QED) is 0.232. The fourth-order valence-corrected chi connectivity index (χ4v) is 4.66. The van der Waals surface area contributed by atoms with Crippen LogP contribution in [0.25, 0.3) is 0 Å². The van der Waals surface area contributed by atoms with Gasteiger partial charge in [-0.25, -0.2) is 0 Å². The molecular formula is C23H26F3N6O6+. The third-order valence-electron chi connectivity index (χ3n) is 6.51. The second-order valence-electron chi connectivity index (χ2n) is 9.14. The predicted octanol–water partition coefficient (Wildman–Crippen LogP) is 4.02. The molecule has 0 saturated carbocycles. The highest BCUT2D eigenvalue weighted by Gasteiger charge is 2.55. The van der Waals surface area contributed by atoms with Crippen LogP contribution in [-0.2, 0) is 15.7 Å². The van der Waals surface area contributed by atoms with Gasteiger partial charge in [-0.2, -0.15) is 13.2 Å². The lowest BCUT2D eigenvalue weighted by Gasteiger charge is -2.49. The van der Waals surface area contributed by atoms with E-state index in [4.69, 9.17) is 14.2 Å². The Balaban J connectivity index is 1.92. The molecule has 12 nitrogen and oxygen atoms in total. The monoisotopic (exact) mass is 539 g/mol. The van der Waals surface area contributed by atoms with Gasteiger partial charge < -0.3 is 24.2 Å². The number of nitro groups is 1. The van der Waals surface area contributed by atoms with Crippen LogP contribution in [0.15, 0.2) is 57.9 Å². The van der Waals surface area contributed by atoms with Crippen molar-refractivity contribution in [2.24, 2.45) is 15.4 Å². The van der Waals surface area contributed by atoms with Crippen molar-refractivity contribution in [3.63, 3.8) is 0 Å². The summed E-state index contributed by atoms with van der Waals surface area (Å²) in [7, 11) is 4.31. The number of quaternary nitrogens is 1. The summed E-state index contributed by atoms with van der Waals surface area (Å²) in [4.78, 5) is 12.6. The molecule has 0 saturated heterocycles. The lowest BCUT2D eigenvalue weighted by molar-refractivity contribution is -0.923. The van der Waals surface area contributed by atoms with E-state index in [2.05, 4.69) is 15.4 Å². The molecule has 0 fully saturated rings. The number of nitro benzene ring substituents is 1. The van der Waals surface area contributed by atoms with E-state index in [1.807, 2.05) is 0 Å². The molecule has 1 N–H and O–H groups in total. The summed E-state index contributed by atoms with van der Waals surface area (Å²) in [5.74, 6) is 0.193. The van der Waals surface area contributed by atoms with Crippen LogP contribution in [0.5, 0.6) is 5.75 Å². The summed E-state index contributed by atoms with van der Waals surface area (Å²) in [6.45, 7) is 1.43. The van der Waals surface area contributed by atoms with Crippen molar-refractivity contribution >= 4 is 17.7 Å². The Kier molecular flexibility index (Phi) is 7.13. The van der Waals surface area contributed by atoms with E-state index in [0.717, 1.165) is 12.1 Å². The van der Waals surface area contributed by atoms with E-state index in [1.54, 1.807) is 18.9 Å². The van der Waals surface area contributed by atoms with Crippen LogP contribution < -0.4 is 9.64 Å². The van der Waals surface area contributed by atoms with Crippen molar-refractivity contribution in [3.05, 3.63) is 63.7 Å². The van der Waals surface area contributed by atoms with Crippen molar-refractivity contribution in [2.75, 3.05) is 32.8 Å². The summed E-state index contributed by atoms with van der Waals surface area (Å²) < 4.78 is 56.4. The number of fused-ring (bicyclic) bond motifs is 1. The number of nitrogens with zero attached hydrogens (tertiary/aromatic N) is 6. The Hall–Kier alpha value is -3.66. The number of rotatable bonds is 8. The highest BCUT2D eigenvalue weighted by molar-refractivity contribution is 5.56. The van der Waals surface area contributed by atoms with E-state index >= 15 is 0 Å². The Morgan fingerprint density at radius 2 is 1.89 bits per heavy atom. The molecule has 204 valence electrons. The third kappa shape index (κ3) is 4.92. The Morgan fingerprint density at radius 1 is 1.24 bits per heavy atom. The zero-order chi connectivity index (χ0) is 27.9. The van der Waals surface area contributed by atoms with Crippen LogP contribution in [0.4, 0.5) is 24.5 Å². The molecule has 0 bridgehead atoms. The summed E-state index contributed by atoms with van der Waals surface area (Å²) in [5, 5.41) is 35.4. The number of anilines is 1. The van der Waals surface area contributed by atoms with Crippen molar-refractivity contribution in [1.82, 2.24) is 0 Å². The molecule has 0 aromatic heterocycles. The van der Waals surface area contributed by atoms with Crippen molar-refractivity contribution in [2.45, 2.75) is 37.1 Å². The van der Waals surface area contributed by atoms with Gasteiger partial charge in [-0.3, -0.25) is 10.1 Å². The first kappa shape index (κ1) is 27.4. The maximum atomic E-state index is 13.3. The molecule has 0 radical (unpaired) electrons. The van der Waals surface area contributed by atoms with Crippen LogP contribution >= 0.6 is 0 Å². The van der Waals surface area contributed by atoms with Gasteiger partial charge in [0.2, 0.25) is 13.0 Å². The number of halogens is 3. The van der Waals surface area contributed by atoms with Gasteiger partial charge in [0, 0.05) is 37.6 Å². The molecule has 2 aliphatic heterocycles. The van der Waals surface area contributed by atoms with Gasteiger partial charge in [-0.15, -0.1) is 0 Å². The van der Waals surface area contributed by atoms with Gasteiger partial charge in [0.25, 0.3) is 5.69 Å². The maximum absolute atomic E-state index is 13.3. The van der Waals surface area contributed by atoms with E-state index < -0.39 is 40.7 Å². The van der Waals surface area contributed by atoms with Gasteiger partial charge in [0.15, 0.2) is 11.9 Å². The van der Waals surface area contributed by atoms with Crippen LogP contribution in [-0.4, -0.2) is 67.0 Å². The first-order chi connectivity index (χ1) is 17.8. The molecule has 15 heteroatoms. The second kappa shape index (κ2) is 9.90. The van der Waals surface area contributed by atoms with Crippen molar-refractivity contribution in [3.8, 4) is 5.75 Å². The number of benzene rings is 2. The zero-order valence-corrected chi connectivity index (χ0v) is 20.9. The fourth-order valence-electron chi connectivity index (χ4n) is 4.66. The predicted molar refractivity (Wildman–Crippen MR) is 127 cm³/mol. The Bertz CT molecular complexity index is 1240. The first-order valence-electron chi connectivity index (χ1n) is 11.3. The van der Waals surface area contributed by atoms with Crippen LogP contribution in [0.3, 0.4) is 0 Å². The minimum Gasteiger partial charge on any atom is -0.479 e. The number of non-ortho nitro benzene ring substituents is 1. The molecule has 2 aromatic rings. The number of methoxy groups -OCH3 is 2. The maximum Gasteiger partial charge on any atom is 0.416 e. The smallest absolute Gasteiger partial charge is 0.416 e. The van der Waals surface area contributed by atoms with Crippen molar-refractivity contribution in [1.29, 1.82) is 0 Å². The third-order valence-corrected chi connectivity index (χ3v) is 6.51. The van der Waals surface area contributed by atoms with Crippen LogP contribution in [0.1, 0.15) is 24.1 Å². The molecule has 2 aliphatic rings. The molecule has 38 heavy (non-hydrogen) atoms. The molecule has 0 spiro atoms. The Morgan fingerprint density at radius 3 is 2.42 bits per heavy atom. The lowest BCUT2D eigenvalue weighted by Crippen LogP contribution is -2.63. The van der Waals surface area contributed by atoms with Gasteiger partial charge in [0.05, 0.1) is 21.8 Å². The normalized spacial score (nSPS) is 26.3. The fraction of sp³-hybridized carbons (Fsp3) is 0.435. The van der Waals surface area contributed by atoms with Crippen molar-refractivity contribution < 1.29 is 42.1 Å². The van der Waals surface area contributed by atoms with E-state index in [0.29, 0.717) is 0 Å². The van der Waals surface area contributed by atoms with Crippen LogP contribution in [0, 0.1) is 10.1 Å². The minimum atomic E-state index is -4.57. The molecule has 2 heterocycles. The van der Waals surface area contributed by atoms with E-state index in [-0.39, 0.29) is 34.1 Å². The van der Waals surface area contributed by atoms with E-state index in [1.165, 1.54) is 50.9 Å². The number of hydrogen-bond donors (Lipinski definition) is 1. The molecule has 0 amide bonds. The molecule has 0 aliphatic carbocycles. The zero-order valence-electron chi connectivity index (χ0n) is 20.9. The molecular weight excluding hydrogens is 513 g/mol.